The van der Waals surface area contributed by atoms with Gasteiger partial charge in [-0.25, -0.2) is 0 Å². The number of piperazine rings is 1. The van der Waals surface area contributed by atoms with Crippen molar-refractivity contribution in [3.05, 3.63) is 19.2 Å². The van der Waals surface area contributed by atoms with Crippen molar-refractivity contribution in [2.24, 2.45) is 0 Å². The van der Waals surface area contributed by atoms with Crippen LogP contribution in [0.5, 0.6) is 0 Å². The van der Waals surface area contributed by atoms with Crippen LogP contribution in [-0.4, -0.2) is 40.9 Å². The third-order valence-electron chi connectivity index (χ3n) is 3.07. The van der Waals surface area contributed by atoms with Crippen LogP contribution in [0.4, 0.5) is 0 Å². The minimum atomic E-state index is -0.0425. The molecule has 13 heavy (non-hydrogen) atoms. The first-order chi connectivity index (χ1) is 6.20. The van der Waals surface area contributed by atoms with Crippen LogP contribution in [0, 0.1) is 6.92 Å². The van der Waals surface area contributed by atoms with Gasteiger partial charge in [-0.05, 0) is 19.5 Å². The van der Waals surface area contributed by atoms with Gasteiger partial charge in [0.25, 0.3) is 0 Å². The van der Waals surface area contributed by atoms with Gasteiger partial charge >= 0.3 is 0 Å². The maximum Gasteiger partial charge on any atom is 0.223 e. The number of fused-ring (bicyclic) bond motifs is 1. The van der Waals surface area contributed by atoms with Crippen LogP contribution in [-0.2, 0) is 4.79 Å². The summed E-state index contributed by atoms with van der Waals surface area (Å²) in [5.41, 5.74) is 0. The van der Waals surface area contributed by atoms with Gasteiger partial charge in [0.15, 0.2) is 0 Å². The molecule has 2 aliphatic heterocycles. The maximum atomic E-state index is 11.2. The first-order valence-corrected chi connectivity index (χ1v) is 4.75. The monoisotopic (exact) mass is 179 g/mol. The van der Waals surface area contributed by atoms with E-state index in [-0.39, 0.29) is 5.91 Å². The highest BCUT2D eigenvalue weighted by molar-refractivity contribution is 5.80. The highest BCUT2D eigenvalue weighted by atomic mass is 16.2. The first kappa shape index (κ1) is 8.60. The topological polar surface area (TPSA) is 23.6 Å². The molecule has 1 saturated heterocycles. The van der Waals surface area contributed by atoms with E-state index in [4.69, 9.17) is 0 Å². The Morgan fingerprint density at radius 3 is 3.00 bits per heavy atom. The average molecular weight is 179 g/mol. The van der Waals surface area contributed by atoms with Gasteiger partial charge in [0.2, 0.25) is 5.91 Å². The quantitative estimate of drug-likeness (QED) is 0.545. The van der Waals surface area contributed by atoms with E-state index in [0.29, 0.717) is 12.1 Å². The SMILES string of the molecule is [CH2]C(=O)N1CCN2C=CCC2C1C. The molecule has 3 nitrogen and oxygen atoms in total. The van der Waals surface area contributed by atoms with Gasteiger partial charge in [0, 0.05) is 26.1 Å². The van der Waals surface area contributed by atoms with Gasteiger partial charge in [0.1, 0.15) is 0 Å². The number of carbonyl (C=O) groups excluding carboxylic acids is 1. The Balaban J connectivity index is 2.10. The van der Waals surface area contributed by atoms with E-state index < -0.39 is 0 Å². The predicted octanol–water partition coefficient (Wildman–Crippen LogP) is 0.639. The van der Waals surface area contributed by atoms with Crippen molar-refractivity contribution in [2.45, 2.75) is 25.4 Å². The van der Waals surface area contributed by atoms with Crippen molar-refractivity contribution < 1.29 is 4.79 Å². The number of nitrogens with zero attached hydrogens (tertiary/aromatic N) is 2. The summed E-state index contributed by atoms with van der Waals surface area (Å²) in [6.45, 7) is 7.34. The molecule has 0 N–H and O–H groups in total. The summed E-state index contributed by atoms with van der Waals surface area (Å²) >= 11 is 0. The summed E-state index contributed by atoms with van der Waals surface area (Å²) in [5, 5.41) is 0. The Labute approximate surface area is 79.0 Å². The average Bonchev–Trinajstić information content (AvgIpc) is 2.52. The fourth-order valence-electron chi connectivity index (χ4n) is 2.28. The van der Waals surface area contributed by atoms with Gasteiger partial charge in [-0.15, -0.1) is 0 Å². The number of rotatable bonds is 0. The lowest BCUT2D eigenvalue weighted by Gasteiger charge is -2.43. The van der Waals surface area contributed by atoms with Crippen molar-refractivity contribution in [3.63, 3.8) is 0 Å². The number of hydrogen-bond donors (Lipinski definition) is 0. The fraction of sp³-hybridized carbons (Fsp3) is 0.600. The largest absolute Gasteiger partial charge is 0.371 e. The molecule has 2 heterocycles. The van der Waals surface area contributed by atoms with Gasteiger partial charge in [-0.1, -0.05) is 6.08 Å². The molecule has 0 aromatic carbocycles. The molecule has 2 atom stereocenters. The summed E-state index contributed by atoms with van der Waals surface area (Å²) in [7, 11) is 0. The summed E-state index contributed by atoms with van der Waals surface area (Å²) < 4.78 is 0. The third kappa shape index (κ3) is 1.32. The molecular formula is C10H15N2O. The Kier molecular flexibility index (Phi) is 2.02. The van der Waals surface area contributed by atoms with Crippen LogP contribution in [0.3, 0.4) is 0 Å². The van der Waals surface area contributed by atoms with Crippen LogP contribution >= 0.6 is 0 Å². The van der Waals surface area contributed by atoms with Crippen LogP contribution in [0.15, 0.2) is 12.3 Å². The van der Waals surface area contributed by atoms with Gasteiger partial charge in [-0.3, -0.25) is 4.79 Å². The van der Waals surface area contributed by atoms with Crippen LogP contribution in [0.25, 0.3) is 0 Å². The zero-order chi connectivity index (χ0) is 9.42. The zero-order valence-corrected chi connectivity index (χ0v) is 7.94. The van der Waals surface area contributed by atoms with E-state index in [1.807, 2.05) is 4.90 Å². The van der Waals surface area contributed by atoms with Crippen molar-refractivity contribution >= 4 is 5.91 Å². The first-order valence-electron chi connectivity index (χ1n) is 4.75. The molecular weight excluding hydrogens is 164 g/mol. The summed E-state index contributed by atoms with van der Waals surface area (Å²) in [4.78, 5) is 15.4. The second-order valence-electron chi connectivity index (χ2n) is 3.75. The van der Waals surface area contributed by atoms with Gasteiger partial charge in [-0.2, -0.15) is 0 Å². The number of amides is 1. The molecule has 0 bridgehead atoms. The van der Waals surface area contributed by atoms with E-state index in [2.05, 4.69) is 31.0 Å². The molecule has 1 amide bonds. The smallest absolute Gasteiger partial charge is 0.223 e. The molecule has 0 spiro atoms. The van der Waals surface area contributed by atoms with E-state index >= 15 is 0 Å². The highest BCUT2D eigenvalue weighted by Crippen LogP contribution is 2.24. The molecule has 1 radical (unpaired) electrons. The molecule has 3 heteroatoms. The molecule has 2 unspecified atom stereocenters. The lowest BCUT2D eigenvalue weighted by Crippen LogP contribution is -2.56. The Morgan fingerprint density at radius 2 is 2.31 bits per heavy atom. The zero-order valence-electron chi connectivity index (χ0n) is 7.94. The Morgan fingerprint density at radius 1 is 1.54 bits per heavy atom. The fourth-order valence-corrected chi connectivity index (χ4v) is 2.28. The van der Waals surface area contributed by atoms with E-state index in [1.165, 1.54) is 0 Å². The summed E-state index contributed by atoms with van der Waals surface area (Å²) in [6.07, 6.45) is 5.38. The third-order valence-corrected chi connectivity index (χ3v) is 3.07. The molecule has 0 aromatic heterocycles. The van der Waals surface area contributed by atoms with Crippen LogP contribution in [0.1, 0.15) is 13.3 Å². The molecule has 2 aliphatic rings. The van der Waals surface area contributed by atoms with Crippen molar-refractivity contribution in [2.75, 3.05) is 13.1 Å². The van der Waals surface area contributed by atoms with Gasteiger partial charge in [0.05, 0.1) is 6.04 Å². The standard InChI is InChI=1S/C10H15N2O/c1-8-10-4-3-5-11(10)6-7-12(8)9(2)13/h3,5,8,10H,2,4,6-7H2,1H3. The van der Waals surface area contributed by atoms with Crippen molar-refractivity contribution in [3.8, 4) is 0 Å². The molecule has 2 rings (SSSR count). The second-order valence-corrected chi connectivity index (χ2v) is 3.75. The minimum Gasteiger partial charge on any atom is -0.371 e. The second kappa shape index (κ2) is 3.05. The van der Waals surface area contributed by atoms with Crippen LogP contribution < -0.4 is 0 Å². The lowest BCUT2D eigenvalue weighted by atomic mass is 10.0. The molecule has 1 fully saturated rings. The molecule has 0 aromatic rings. The van der Waals surface area contributed by atoms with E-state index in [9.17, 15) is 4.79 Å². The number of hydrogen-bond acceptors (Lipinski definition) is 2. The maximum absolute atomic E-state index is 11.2. The Bertz CT molecular complexity index is 249. The highest BCUT2D eigenvalue weighted by Gasteiger charge is 2.34. The minimum absolute atomic E-state index is 0.0425. The van der Waals surface area contributed by atoms with Crippen molar-refractivity contribution in [1.82, 2.24) is 9.80 Å². The van der Waals surface area contributed by atoms with Crippen LogP contribution in [0.2, 0.25) is 0 Å². The molecule has 0 aliphatic carbocycles. The lowest BCUT2D eigenvalue weighted by molar-refractivity contribution is -0.131. The number of carbonyl (C=O) groups is 1. The normalized spacial score (nSPS) is 32.2. The summed E-state index contributed by atoms with van der Waals surface area (Å²) in [6, 6.07) is 0.785. The van der Waals surface area contributed by atoms with Crippen molar-refractivity contribution in [1.29, 1.82) is 0 Å². The molecule has 71 valence electrons. The molecule has 0 saturated carbocycles. The van der Waals surface area contributed by atoms with Gasteiger partial charge < -0.3 is 9.80 Å². The summed E-state index contributed by atoms with van der Waals surface area (Å²) in [5.74, 6) is -0.0425. The Hall–Kier alpha value is -0.990. The van der Waals surface area contributed by atoms with E-state index in [1.54, 1.807) is 0 Å². The predicted molar refractivity (Wildman–Crippen MR) is 50.8 cm³/mol. The van der Waals surface area contributed by atoms with E-state index in [0.717, 1.165) is 19.5 Å².